The Bertz CT molecular complexity index is 1280. The van der Waals surface area contributed by atoms with Crippen LogP contribution in [-0.4, -0.2) is 71.6 Å². The van der Waals surface area contributed by atoms with Crippen LogP contribution in [-0.2, 0) is 0 Å². The number of nitrogens with zero attached hydrogens (tertiary/aromatic N) is 1. The Balaban J connectivity index is 1.43. The van der Waals surface area contributed by atoms with Gasteiger partial charge in [-0.1, -0.05) is 60.7 Å². The van der Waals surface area contributed by atoms with Gasteiger partial charge in [-0.25, -0.2) is 9.59 Å². The van der Waals surface area contributed by atoms with Crippen molar-refractivity contribution in [2.45, 2.75) is 0 Å². The van der Waals surface area contributed by atoms with Gasteiger partial charge in [-0.15, -0.1) is 0 Å². The lowest BCUT2D eigenvalue weighted by molar-refractivity contribution is 0.0681. The molecular weight excluding hydrogens is 462 g/mol. The van der Waals surface area contributed by atoms with E-state index in [9.17, 15) is 24.9 Å². The predicted molar refractivity (Wildman–Crippen MR) is 136 cm³/mol. The van der Waals surface area contributed by atoms with Crippen molar-refractivity contribution in [2.75, 3.05) is 39.5 Å². The standard InChI is InChI=1S/C28H27NO7/c30-16-13-29(14-17-35-25-21-7-3-1-5-19(21)9-11-23(25)27(31)32)15-18-36-26-22-8-4-2-6-20(22)10-12-24(26)28(33)34/h1-12,30H,13-18H2,(H,31,32)(H,33,34). The number of hydrogen-bond donors (Lipinski definition) is 3. The summed E-state index contributed by atoms with van der Waals surface area (Å²) in [6.45, 7) is 1.49. The number of aliphatic hydroxyl groups excluding tert-OH is 1. The number of aliphatic hydroxyl groups is 1. The Morgan fingerprint density at radius 2 is 1.08 bits per heavy atom. The molecule has 8 nitrogen and oxygen atoms in total. The van der Waals surface area contributed by atoms with Gasteiger partial charge in [0.1, 0.15) is 35.8 Å². The zero-order valence-corrected chi connectivity index (χ0v) is 19.6. The van der Waals surface area contributed by atoms with Crippen LogP contribution in [0, 0.1) is 0 Å². The molecule has 0 saturated heterocycles. The third-order valence-electron chi connectivity index (χ3n) is 5.94. The van der Waals surface area contributed by atoms with Crippen LogP contribution in [0.15, 0.2) is 72.8 Å². The van der Waals surface area contributed by atoms with Crippen LogP contribution in [0.3, 0.4) is 0 Å². The van der Waals surface area contributed by atoms with Gasteiger partial charge in [-0.3, -0.25) is 4.90 Å². The number of benzene rings is 4. The van der Waals surface area contributed by atoms with Gasteiger partial charge in [-0.2, -0.15) is 0 Å². The van der Waals surface area contributed by atoms with Gasteiger partial charge in [0, 0.05) is 30.4 Å². The minimum atomic E-state index is -1.07. The molecule has 0 aliphatic heterocycles. The lowest BCUT2D eigenvalue weighted by atomic mass is 10.1. The molecule has 0 fully saturated rings. The molecular formula is C28H27NO7. The van der Waals surface area contributed by atoms with Crippen molar-refractivity contribution < 1.29 is 34.4 Å². The van der Waals surface area contributed by atoms with E-state index < -0.39 is 11.9 Å². The number of ether oxygens (including phenoxy) is 2. The summed E-state index contributed by atoms with van der Waals surface area (Å²) >= 11 is 0. The largest absolute Gasteiger partial charge is 0.491 e. The van der Waals surface area contributed by atoms with Crippen LogP contribution >= 0.6 is 0 Å². The first kappa shape index (κ1) is 25.0. The summed E-state index contributed by atoms with van der Waals surface area (Å²) in [5.41, 5.74) is 0.172. The van der Waals surface area contributed by atoms with Gasteiger partial charge in [0.05, 0.1) is 6.61 Å². The summed E-state index contributed by atoms with van der Waals surface area (Å²) in [5.74, 6) is -1.52. The Labute approximate surface area is 207 Å². The molecule has 3 N–H and O–H groups in total. The molecule has 4 rings (SSSR count). The molecule has 0 saturated carbocycles. The molecule has 4 aromatic carbocycles. The number of carboxylic acids is 2. The minimum absolute atomic E-state index is 0.0801. The van der Waals surface area contributed by atoms with E-state index in [1.165, 1.54) is 12.1 Å². The van der Waals surface area contributed by atoms with Gasteiger partial charge in [0.25, 0.3) is 0 Å². The lowest BCUT2D eigenvalue weighted by Gasteiger charge is -2.22. The van der Waals surface area contributed by atoms with Crippen LogP contribution in [0.2, 0.25) is 0 Å². The van der Waals surface area contributed by atoms with E-state index >= 15 is 0 Å². The maximum atomic E-state index is 11.7. The van der Waals surface area contributed by atoms with E-state index in [0.29, 0.717) is 41.9 Å². The van der Waals surface area contributed by atoms with Gasteiger partial charge >= 0.3 is 11.9 Å². The molecule has 36 heavy (non-hydrogen) atoms. The highest BCUT2D eigenvalue weighted by Gasteiger charge is 2.17. The second-order valence-electron chi connectivity index (χ2n) is 8.20. The molecule has 186 valence electrons. The van der Waals surface area contributed by atoms with Crippen molar-refractivity contribution in [3.8, 4) is 11.5 Å². The van der Waals surface area contributed by atoms with Crippen LogP contribution in [0.25, 0.3) is 21.5 Å². The molecule has 0 aliphatic rings. The van der Waals surface area contributed by atoms with Crippen LogP contribution in [0.5, 0.6) is 11.5 Å². The lowest BCUT2D eigenvalue weighted by Crippen LogP contribution is -2.34. The highest BCUT2D eigenvalue weighted by Crippen LogP contribution is 2.31. The highest BCUT2D eigenvalue weighted by atomic mass is 16.5. The van der Waals surface area contributed by atoms with E-state index in [1.54, 1.807) is 12.1 Å². The van der Waals surface area contributed by atoms with E-state index in [0.717, 1.165) is 10.8 Å². The van der Waals surface area contributed by atoms with Crippen LogP contribution in [0.4, 0.5) is 0 Å². The SMILES string of the molecule is O=C(O)c1ccc2ccccc2c1OCCN(CCO)CCOc1c(C(=O)O)ccc2ccccc12. The smallest absolute Gasteiger partial charge is 0.339 e. The van der Waals surface area contributed by atoms with Crippen molar-refractivity contribution >= 4 is 33.5 Å². The summed E-state index contributed by atoms with van der Waals surface area (Å²) in [6, 6.07) is 21.4. The second-order valence-corrected chi connectivity index (χ2v) is 8.20. The van der Waals surface area contributed by atoms with Crippen LogP contribution < -0.4 is 9.47 Å². The number of carboxylic acid groups (broad SMARTS) is 2. The van der Waals surface area contributed by atoms with Gasteiger partial charge < -0.3 is 24.8 Å². The fourth-order valence-electron chi connectivity index (χ4n) is 4.16. The summed E-state index contributed by atoms with van der Waals surface area (Å²) < 4.78 is 11.9. The number of hydrogen-bond acceptors (Lipinski definition) is 6. The first-order chi connectivity index (χ1) is 17.5. The van der Waals surface area contributed by atoms with Gasteiger partial charge in [-0.05, 0) is 22.9 Å². The number of carbonyl (C=O) groups is 2. The van der Waals surface area contributed by atoms with Gasteiger partial charge in [0.15, 0.2) is 0 Å². The Morgan fingerprint density at radius 1 is 0.639 bits per heavy atom. The Morgan fingerprint density at radius 3 is 1.50 bits per heavy atom. The molecule has 0 bridgehead atoms. The van der Waals surface area contributed by atoms with Crippen molar-refractivity contribution in [3.63, 3.8) is 0 Å². The first-order valence-corrected chi connectivity index (χ1v) is 11.6. The summed E-state index contributed by atoms with van der Waals surface area (Å²) in [7, 11) is 0. The Hall–Kier alpha value is -4.14. The fraction of sp³-hybridized carbons (Fsp3) is 0.214. The van der Waals surface area contributed by atoms with E-state index in [4.69, 9.17) is 9.47 Å². The molecule has 0 atom stereocenters. The molecule has 0 radical (unpaired) electrons. The molecule has 0 unspecified atom stereocenters. The maximum Gasteiger partial charge on any atom is 0.339 e. The van der Waals surface area contributed by atoms with Crippen molar-refractivity contribution in [2.24, 2.45) is 0 Å². The average Bonchev–Trinajstić information content (AvgIpc) is 2.88. The monoisotopic (exact) mass is 489 g/mol. The topological polar surface area (TPSA) is 117 Å². The maximum absolute atomic E-state index is 11.7. The third kappa shape index (κ3) is 5.56. The minimum Gasteiger partial charge on any atom is -0.491 e. The summed E-state index contributed by atoms with van der Waals surface area (Å²) in [4.78, 5) is 25.4. The quantitative estimate of drug-likeness (QED) is 0.272. The van der Waals surface area contributed by atoms with Crippen molar-refractivity contribution in [1.82, 2.24) is 4.90 Å². The highest BCUT2D eigenvalue weighted by molar-refractivity contribution is 6.01. The molecule has 4 aromatic rings. The Kier molecular flexibility index (Phi) is 7.99. The third-order valence-corrected chi connectivity index (χ3v) is 5.94. The second kappa shape index (κ2) is 11.5. The van der Waals surface area contributed by atoms with Crippen LogP contribution in [0.1, 0.15) is 20.7 Å². The molecule has 0 aromatic heterocycles. The van der Waals surface area contributed by atoms with E-state index in [1.807, 2.05) is 53.4 Å². The summed E-state index contributed by atoms with van der Waals surface area (Å²) in [5, 5.41) is 31.9. The molecule has 0 heterocycles. The van der Waals surface area contributed by atoms with Gasteiger partial charge in [0.2, 0.25) is 0 Å². The van der Waals surface area contributed by atoms with Crippen molar-refractivity contribution in [3.05, 3.63) is 83.9 Å². The van der Waals surface area contributed by atoms with E-state index in [2.05, 4.69) is 0 Å². The zero-order valence-electron chi connectivity index (χ0n) is 19.6. The molecule has 0 amide bonds. The molecule has 0 aliphatic carbocycles. The molecule has 8 heteroatoms. The van der Waals surface area contributed by atoms with E-state index in [-0.39, 0.29) is 30.9 Å². The first-order valence-electron chi connectivity index (χ1n) is 11.6. The van der Waals surface area contributed by atoms with Crippen molar-refractivity contribution in [1.29, 1.82) is 0 Å². The number of rotatable bonds is 12. The predicted octanol–water partition coefficient (Wildman–Crippen LogP) is 4.14. The number of fused-ring (bicyclic) bond motifs is 2. The zero-order chi connectivity index (χ0) is 25.5. The summed E-state index contributed by atoms with van der Waals surface area (Å²) in [6.07, 6.45) is 0. The number of aromatic carboxylic acids is 2. The average molecular weight is 490 g/mol. The normalized spacial score (nSPS) is 11.2. The fourth-order valence-corrected chi connectivity index (χ4v) is 4.16. The molecule has 0 spiro atoms.